The van der Waals surface area contributed by atoms with Crippen LogP contribution in [0.3, 0.4) is 0 Å². The highest BCUT2D eigenvalue weighted by Gasteiger charge is 2.24. The highest BCUT2D eigenvalue weighted by molar-refractivity contribution is 7.80. The van der Waals surface area contributed by atoms with Gasteiger partial charge in [0.2, 0.25) is 5.89 Å². The van der Waals surface area contributed by atoms with Crippen LogP contribution < -0.4 is 15.5 Å². The van der Waals surface area contributed by atoms with Gasteiger partial charge in [0.1, 0.15) is 11.2 Å². The summed E-state index contributed by atoms with van der Waals surface area (Å²) in [4.78, 5) is 30.6. The van der Waals surface area contributed by atoms with E-state index in [1.54, 1.807) is 12.1 Å². The minimum Gasteiger partial charge on any atom is -0.436 e. The number of hydrogen-bond donors (Lipinski definition) is 2. The molecule has 39 heavy (non-hydrogen) atoms. The van der Waals surface area contributed by atoms with E-state index in [1.807, 2.05) is 35.2 Å². The molecular formula is C29H29N5O4S. The Morgan fingerprint density at radius 2 is 1.87 bits per heavy atom. The quantitative estimate of drug-likeness (QED) is 0.151. The van der Waals surface area contributed by atoms with E-state index in [4.69, 9.17) is 16.6 Å². The fraction of sp³-hybridized carbons (Fsp3) is 0.276. The number of amides is 1. The van der Waals surface area contributed by atoms with E-state index in [0.29, 0.717) is 23.2 Å². The van der Waals surface area contributed by atoms with Crippen LogP contribution in [0.4, 0.5) is 17.1 Å². The third-order valence-corrected chi connectivity index (χ3v) is 7.29. The normalized spacial score (nSPS) is 13.8. The summed E-state index contributed by atoms with van der Waals surface area (Å²) in [6.45, 7) is 5.89. The number of nitro benzene ring substituents is 1. The molecule has 0 aliphatic carbocycles. The molecule has 1 unspecified atom stereocenters. The van der Waals surface area contributed by atoms with E-state index in [0.717, 1.165) is 49.0 Å². The Hall–Kier alpha value is -4.31. The first-order chi connectivity index (χ1) is 18.8. The van der Waals surface area contributed by atoms with Crippen LogP contribution in [-0.2, 0) is 0 Å². The van der Waals surface area contributed by atoms with Crippen molar-refractivity contribution in [2.24, 2.45) is 0 Å². The van der Waals surface area contributed by atoms with Crippen LogP contribution >= 0.6 is 12.2 Å². The van der Waals surface area contributed by atoms with Gasteiger partial charge in [-0.1, -0.05) is 19.9 Å². The fourth-order valence-electron chi connectivity index (χ4n) is 4.68. The molecule has 5 rings (SSSR count). The summed E-state index contributed by atoms with van der Waals surface area (Å²) >= 11 is 5.31. The number of rotatable bonds is 7. The topological polar surface area (TPSA) is 114 Å². The van der Waals surface area contributed by atoms with Crippen LogP contribution in [0.2, 0.25) is 0 Å². The van der Waals surface area contributed by atoms with E-state index in [9.17, 15) is 14.9 Å². The van der Waals surface area contributed by atoms with Crippen molar-refractivity contribution < 1.29 is 14.1 Å². The van der Waals surface area contributed by atoms with Crippen LogP contribution in [0.5, 0.6) is 0 Å². The van der Waals surface area contributed by atoms with Crippen molar-refractivity contribution in [1.29, 1.82) is 0 Å². The highest BCUT2D eigenvalue weighted by atomic mass is 32.1. The molecule has 1 atom stereocenters. The Bertz CT molecular complexity index is 1540. The predicted molar refractivity (Wildman–Crippen MR) is 156 cm³/mol. The van der Waals surface area contributed by atoms with E-state index in [1.165, 1.54) is 11.6 Å². The first kappa shape index (κ1) is 26.3. The second-order valence-electron chi connectivity index (χ2n) is 9.70. The van der Waals surface area contributed by atoms with E-state index < -0.39 is 10.8 Å². The lowest BCUT2D eigenvalue weighted by Gasteiger charge is -2.18. The zero-order valence-electron chi connectivity index (χ0n) is 21.8. The van der Waals surface area contributed by atoms with Gasteiger partial charge in [-0.2, -0.15) is 0 Å². The fourth-order valence-corrected chi connectivity index (χ4v) is 4.89. The number of nitro groups is 1. The van der Waals surface area contributed by atoms with Gasteiger partial charge < -0.3 is 14.6 Å². The number of thiocarbonyl (C=S) groups is 1. The van der Waals surface area contributed by atoms with Crippen LogP contribution in [0.25, 0.3) is 22.6 Å². The summed E-state index contributed by atoms with van der Waals surface area (Å²) in [6, 6.07) is 17.9. The van der Waals surface area contributed by atoms with Crippen molar-refractivity contribution in [2.75, 3.05) is 23.3 Å². The van der Waals surface area contributed by atoms with Gasteiger partial charge in [0.05, 0.1) is 4.92 Å². The molecule has 9 nitrogen and oxygen atoms in total. The highest BCUT2D eigenvalue weighted by Crippen LogP contribution is 2.32. The second-order valence-corrected chi connectivity index (χ2v) is 10.1. The van der Waals surface area contributed by atoms with Crippen molar-refractivity contribution in [3.8, 4) is 11.5 Å². The summed E-state index contributed by atoms with van der Waals surface area (Å²) in [5.41, 5.74) is 4.86. The largest absolute Gasteiger partial charge is 0.436 e. The van der Waals surface area contributed by atoms with Gasteiger partial charge in [-0.05, 0) is 91.5 Å². The Balaban J connectivity index is 1.24. The number of nitrogens with zero attached hydrogens (tertiary/aromatic N) is 3. The van der Waals surface area contributed by atoms with Gasteiger partial charge in [-0.25, -0.2) is 4.98 Å². The molecule has 1 aromatic heterocycles. The van der Waals surface area contributed by atoms with E-state index >= 15 is 0 Å². The van der Waals surface area contributed by atoms with E-state index in [2.05, 4.69) is 41.6 Å². The van der Waals surface area contributed by atoms with Gasteiger partial charge in [0.25, 0.3) is 11.6 Å². The number of carbonyl (C=O) groups excluding carboxylic acids is 1. The Morgan fingerprint density at radius 1 is 1.13 bits per heavy atom. The maximum Gasteiger partial charge on any atom is 0.293 e. The van der Waals surface area contributed by atoms with Crippen LogP contribution in [-0.4, -0.2) is 34.0 Å². The van der Waals surface area contributed by atoms with Gasteiger partial charge in [-0.15, -0.1) is 0 Å². The maximum atomic E-state index is 12.8. The van der Waals surface area contributed by atoms with Crippen molar-refractivity contribution in [1.82, 2.24) is 10.3 Å². The average molecular weight is 544 g/mol. The molecular weight excluding hydrogens is 514 g/mol. The Morgan fingerprint density at radius 3 is 2.56 bits per heavy atom. The molecule has 1 saturated heterocycles. The number of nitrogens with one attached hydrogen (secondary N) is 2. The molecule has 1 amide bonds. The SMILES string of the molecule is CCC(C)c1ccc2oc(-c3ccc(NC(=S)NC(=O)c4ccc(N5CCCC5)c([N+](=O)[O-])c4)cc3)nc2c1. The molecule has 0 bridgehead atoms. The molecule has 0 spiro atoms. The molecule has 2 N–H and O–H groups in total. The van der Waals surface area contributed by atoms with Gasteiger partial charge in [0.15, 0.2) is 10.7 Å². The van der Waals surface area contributed by atoms with Gasteiger partial charge >= 0.3 is 0 Å². The lowest BCUT2D eigenvalue weighted by atomic mass is 9.98. The summed E-state index contributed by atoms with van der Waals surface area (Å²) in [5, 5.41) is 17.3. The summed E-state index contributed by atoms with van der Waals surface area (Å²) in [5.74, 6) is 0.449. The molecule has 1 fully saturated rings. The lowest BCUT2D eigenvalue weighted by molar-refractivity contribution is -0.384. The zero-order chi connectivity index (χ0) is 27.5. The monoisotopic (exact) mass is 543 g/mol. The maximum absolute atomic E-state index is 12.8. The van der Waals surface area contributed by atoms with Gasteiger partial charge in [0, 0.05) is 36.0 Å². The molecule has 200 valence electrons. The minimum atomic E-state index is -0.525. The standard InChI is InChI=1S/C29H29N5O4S/c1-3-18(2)20-9-13-26-23(16-20)31-28(38-26)19-6-10-22(11-7-19)30-29(39)32-27(35)21-8-12-24(25(17-21)34(36)37)33-14-4-5-15-33/h6-13,16-18H,3-5,14-15H2,1-2H3,(H2,30,32,35,39). The minimum absolute atomic E-state index is 0.0819. The molecule has 0 radical (unpaired) electrons. The van der Waals surface area contributed by atoms with Crippen molar-refractivity contribution in [3.63, 3.8) is 0 Å². The lowest BCUT2D eigenvalue weighted by Crippen LogP contribution is -2.34. The number of benzene rings is 3. The van der Waals surface area contributed by atoms with Gasteiger partial charge in [-0.3, -0.25) is 20.2 Å². The van der Waals surface area contributed by atoms with Crippen LogP contribution in [0, 0.1) is 10.1 Å². The summed E-state index contributed by atoms with van der Waals surface area (Å²) < 4.78 is 5.95. The van der Waals surface area contributed by atoms with Crippen molar-refractivity contribution >= 4 is 51.4 Å². The van der Waals surface area contributed by atoms with Crippen molar-refractivity contribution in [3.05, 3.63) is 81.9 Å². The number of anilines is 2. The number of aromatic nitrogens is 1. The Labute approximate surface area is 231 Å². The van der Waals surface area contributed by atoms with E-state index in [-0.39, 0.29) is 16.4 Å². The third-order valence-electron chi connectivity index (χ3n) is 7.09. The number of fused-ring (bicyclic) bond motifs is 1. The molecule has 1 aliphatic rings. The third kappa shape index (κ3) is 5.75. The molecule has 2 heterocycles. The number of oxazole rings is 1. The molecule has 1 aliphatic heterocycles. The number of hydrogen-bond acceptors (Lipinski definition) is 7. The Kier molecular flexibility index (Phi) is 7.56. The summed E-state index contributed by atoms with van der Waals surface area (Å²) in [7, 11) is 0. The first-order valence-electron chi connectivity index (χ1n) is 13.0. The summed E-state index contributed by atoms with van der Waals surface area (Å²) in [6.07, 6.45) is 3.04. The molecule has 3 aromatic carbocycles. The van der Waals surface area contributed by atoms with Crippen molar-refractivity contribution in [2.45, 2.75) is 39.0 Å². The van der Waals surface area contributed by atoms with Crippen LogP contribution in [0.1, 0.15) is 54.9 Å². The second kappa shape index (κ2) is 11.2. The zero-order valence-corrected chi connectivity index (χ0v) is 22.6. The number of carbonyl (C=O) groups is 1. The average Bonchev–Trinajstić information content (AvgIpc) is 3.62. The molecule has 0 saturated carbocycles. The molecule has 4 aromatic rings. The first-order valence-corrected chi connectivity index (χ1v) is 13.4. The van der Waals surface area contributed by atoms with Crippen LogP contribution in [0.15, 0.2) is 65.1 Å². The molecule has 10 heteroatoms. The smallest absolute Gasteiger partial charge is 0.293 e. The predicted octanol–water partition coefficient (Wildman–Crippen LogP) is 6.64.